The normalized spacial score (nSPS) is 12.2. The van der Waals surface area contributed by atoms with Gasteiger partial charge in [-0.2, -0.15) is 0 Å². The Morgan fingerprint density at radius 1 is 1.10 bits per heavy atom. The Bertz CT molecular complexity index is 1260. The quantitative estimate of drug-likeness (QED) is 0.263. The van der Waals surface area contributed by atoms with Crippen LogP contribution in [0.2, 0.25) is 0 Å². The van der Waals surface area contributed by atoms with Crippen LogP contribution in [0.3, 0.4) is 0 Å². The van der Waals surface area contributed by atoms with Crippen molar-refractivity contribution in [3.8, 4) is 5.69 Å². The smallest absolute Gasteiger partial charge is 0.266 e. The molecule has 31 heavy (non-hydrogen) atoms. The topological polar surface area (TPSA) is 98.7 Å². The van der Waals surface area contributed by atoms with Crippen LogP contribution in [0.5, 0.6) is 0 Å². The summed E-state index contributed by atoms with van der Waals surface area (Å²) in [7, 11) is 0. The highest BCUT2D eigenvalue weighted by atomic mass is 32.2. The minimum atomic E-state index is -0.337. The maximum Gasteiger partial charge on any atom is 0.266 e. The van der Waals surface area contributed by atoms with E-state index in [-0.39, 0.29) is 10.9 Å². The zero-order valence-corrected chi connectivity index (χ0v) is 18.3. The van der Waals surface area contributed by atoms with E-state index in [0.717, 1.165) is 21.8 Å². The summed E-state index contributed by atoms with van der Waals surface area (Å²) in [5, 5.41) is 4.49. The third kappa shape index (κ3) is 4.36. The summed E-state index contributed by atoms with van der Waals surface area (Å²) in [6.45, 7) is 4.96. The fourth-order valence-corrected chi connectivity index (χ4v) is 4.46. The number of hydrogen-bond acceptors (Lipinski definition) is 7. The van der Waals surface area contributed by atoms with E-state index in [0.29, 0.717) is 29.8 Å². The molecule has 158 valence electrons. The Labute approximate surface area is 184 Å². The maximum absolute atomic E-state index is 13.8. The summed E-state index contributed by atoms with van der Waals surface area (Å²) in [6.07, 6.45) is 3.20. The second kappa shape index (κ2) is 9.38. The fourth-order valence-electron chi connectivity index (χ4n) is 3.51. The third-order valence-electron chi connectivity index (χ3n) is 4.99. The number of benzene rings is 2. The molecular weight excluding hydrogens is 408 g/mol. The predicted molar refractivity (Wildman–Crippen MR) is 125 cm³/mol. The SMILES string of the molecule is Cc1ccccc1-n1c(C(NCCN)Sc2ccncn2)nc2cccc(C)c2c1=O. The Kier molecular flexibility index (Phi) is 6.41. The lowest BCUT2D eigenvalue weighted by Gasteiger charge is -2.23. The van der Waals surface area contributed by atoms with Gasteiger partial charge < -0.3 is 5.73 Å². The van der Waals surface area contributed by atoms with Crippen molar-refractivity contribution in [3.05, 3.63) is 88.4 Å². The van der Waals surface area contributed by atoms with Gasteiger partial charge in [0, 0.05) is 19.3 Å². The van der Waals surface area contributed by atoms with E-state index in [1.165, 1.54) is 18.1 Å². The number of fused-ring (bicyclic) bond motifs is 1. The molecule has 0 fully saturated rings. The van der Waals surface area contributed by atoms with Gasteiger partial charge in [0.15, 0.2) is 0 Å². The molecule has 4 rings (SSSR count). The molecule has 4 aromatic rings. The van der Waals surface area contributed by atoms with Crippen LogP contribution in [0.4, 0.5) is 0 Å². The van der Waals surface area contributed by atoms with Crippen molar-refractivity contribution in [2.75, 3.05) is 13.1 Å². The first-order valence-electron chi connectivity index (χ1n) is 10.0. The van der Waals surface area contributed by atoms with Crippen molar-refractivity contribution in [2.24, 2.45) is 5.73 Å². The number of para-hydroxylation sites is 1. The van der Waals surface area contributed by atoms with E-state index < -0.39 is 0 Å². The van der Waals surface area contributed by atoms with Gasteiger partial charge in [-0.3, -0.25) is 14.7 Å². The van der Waals surface area contributed by atoms with Crippen molar-refractivity contribution in [1.29, 1.82) is 0 Å². The summed E-state index contributed by atoms with van der Waals surface area (Å²) < 4.78 is 1.72. The number of hydrogen-bond donors (Lipinski definition) is 2. The molecule has 0 aliphatic heterocycles. The Hall–Kier alpha value is -3.07. The van der Waals surface area contributed by atoms with E-state index in [9.17, 15) is 4.79 Å². The molecule has 7 nitrogen and oxygen atoms in total. The monoisotopic (exact) mass is 432 g/mol. The number of nitrogens with two attached hydrogens (primary N) is 1. The highest BCUT2D eigenvalue weighted by molar-refractivity contribution is 7.99. The molecule has 0 aliphatic carbocycles. The van der Waals surface area contributed by atoms with Gasteiger partial charge in [-0.1, -0.05) is 42.1 Å². The summed E-state index contributed by atoms with van der Waals surface area (Å²) in [4.78, 5) is 27.1. The number of aryl methyl sites for hydroxylation is 2. The molecule has 2 heterocycles. The van der Waals surface area contributed by atoms with Gasteiger partial charge in [0.25, 0.3) is 5.56 Å². The molecule has 0 amide bonds. The van der Waals surface area contributed by atoms with Crippen molar-refractivity contribution in [3.63, 3.8) is 0 Å². The van der Waals surface area contributed by atoms with Crippen LogP contribution in [-0.2, 0) is 0 Å². The largest absolute Gasteiger partial charge is 0.329 e. The lowest BCUT2D eigenvalue weighted by molar-refractivity contribution is 0.632. The van der Waals surface area contributed by atoms with Crippen LogP contribution in [0, 0.1) is 13.8 Å². The lowest BCUT2D eigenvalue weighted by atomic mass is 10.1. The van der Waals surface area contributed by atoms with Gasteiger partial charge in [0.2, 0.25) is 0 Å². The molecule has 0 radical (unpaired) electrons. The Morgan fingerprint density at radius 3 is 2.65 bits per heavy atom. The van der Waals surface area contributed by atoms with Crippen LogP contribution >= 0.6 is 11.8 Å². The predicted octanol–water partition coefficient (Wildman–Crippen LogP) is 3.13. The highest BCUT2D eigenvalue weighted by Crippen LogP contribution is 2.32. The van der Waals surface area contributed by atoms with Crippen LogP contribution in [0.15, 0.2) is 70.9 Å². The number of aromatic nitrogens is 4. The summed E-state index contributed by atoms with van der Waals surface area (Å²) in [6, 6.07) is 15.4. The molecule has 1 unspecified atom stereocenters. The van der Waals surface area contributed by atoms with Gasteiger partial charge in [-0.05, 0) is 43.2 Å². The van der Waals surface area contributed by atoms with Crippen molar-refractivity contribution < 1.29 is 0 Å². The molecule has 2 aromatic carbocycles. The standard InChI is InChI=1S/C23H24N6OS/c1-15-6-3-4-9-18(15)29-21(28-17-8-5-7-16(2)20(17)23(29)30)22(26-13-11-24)31-19-10-12-25-14-27-19/h3-10,12,14,22,26H,11,13,24H2,1-2H3. The second-order valence-electron chi connectivity index (χ2n) is 7.15. The molecule has 2 aromatic heterocycles. The lowest BCUT2D eigenvalue weighted by Crippen LogP contribution is -2.33. The zero-order chi connectivity index (χ0) is 21.8. The van der Waals surface area contributed by atoms with E-state index in [4.69, 9.17) is 10.7 Å². The van der Waals surface area contributed by atoms with Gasteiger partial charge in [-0.25, -0.2) is 15.0 Å². The van der Waals surface area contributed by atoms with Gasteiger partial charge in [-0.15, -0.1) is 0 Å². The first kappa shape index (κ1) is 21.2. The molecule has 0 bridgehead atoms. The first-order valence-corrected chi connectivity index (χ1v) is 10.9. The van der Waals surface area contributed by atoms with Crippen LogP contribution in [-0.4, -0.2) is 32.6 Å². The molecule has 1 atom stereocenters. The van der Waals surface area contributed by atoms with E-state index in [1.807, 2.05) is 62.4 Å². The summed E-state index contributed by atoms with van der Waals surface area (Å²) >= 11 is 1.48. The Morgan fingerprint density at radius 2 is 1.90 bits per heavy atom. The van der Waals surface area contributed by atoms with Crippen molar-refractivity contribution >= 4 is 22.7 Å². The summed E-state index contributed by atoms with van der Waals surface area (Å²) in [5.74, 6) is 0.606. The molecular formula is C23H24N6OS. The number of nitrogens with one attached hydrogen (secondary N) is 1. The van der Waals surface area contributed by atoms with Crippen molar-refractivity contribution in [2.45, 2.75) is 24.2 Å². The molecule has 0 aliphatic rings. The molecule has 0 spiro atoms. The third-order valence-corrected chi connectivity index (χ3v) is 6.09. The molecule has 8 heteroatoms. The van der Waals surface area contributed by atoms with Crippen LogP contribution < -0.4 is 16.6 Å². The molecule has 0 saturated carbocycles. The zero-order valence-electron chi connectivity index (χ0n) is 17.4. The maximum atomic E-state index is 13.8. The average molecular weight is 433 g/mol. The number of rotatable bonds is 7. The molecule has 0 saturated heterocycles. The van der Waals surface area contributed by atoms with E-state index >= 15 is 0 Å². The number of nitrogens with zero attached hydrogens (tertiary/aromatic N) is 4. The van der Waals surface area contributed by atoms with Gasteiger partial charge in [0.1, 0.15) is 22.6 Å². The average Bonchev–Trinajstić information content (AvgIpc) is 2.78. The minimum absolute atomic E-state index is 0.0877. The number of thioether (sulfide) groups is 1. The van der Waals surface area contributed by atoms with Crippen LogP contribution in [0.1, 0.15) is 22.3 Å². The highest BCUT2D eigenvalue weighted by Gasteiger charge is 2.23. The fraction of sp³-hybridized carbons (Fsp3) is 0.217. The van der Waals surface area contributed by atoms with Gasteiger partial charge in [0.05, 0.1) is 16.6 Å². The van der Waals surface area contributed by atoms with E-state index in [2.05, 4.69) is 15.3 Å². The van der Waals surface area contributed by atoms with Gasteiger partial charge >= 0.3 is 0 Å². The summed E-state index contributed by atoms with van der Waals surface area (Å²) in [5.41, 5.74) is 9.06. The van der Waals surface area contributed by atoms with Crippen LogP contribution in [0.25, 0.3) is 16.6 Å². The Balaban J connectivity index is 1.99. The second-order valence-corrected chi connectivity index (χ2v) is 8.28. The minimum Gasteiger partial charge on any atom is -0.329 e. The van der Waals surface area contributed by atoms with E-state index in [1.54, 1.807) is 10.8 Å². The first-order chi connectivity index (χ1) is 15.1. The molecule has 3 N–H and O–H groups in total. The van der Waals surface area contributed by atoms with Crippen molar-refractivity contribution in [1.82, 2.24) is 24.8 Å².